The maximum atomic E-state index is 11.7. The lowest BCUT2D eigenvalue weighted by atomic mass is 10.1. The van der Waals surface area contributed by atoms with Crippen LogP contribution in [0.3, 0.4) is 0 Å². The zero-order valence-electron chi connectivity index (χ0n) is 9.30. The van der Waals surface area contributed by atoms with Gasteiger partial charge in [-0.2, -0.15) is 0 Å². The van der Waals surface area contributed by atoms with Crippen molar-refractivity contribution in [1.29, 1.82) is 0 Å². The maximum Gasteiger partial charge on any atom is 0.326 e. The average molecular weight is 234 g/mol. The summed E-state index contributed by atoms with van der Waals surface area (Å²) in [4.78, 5) is 26.4. The van der Waals surface area contributed by atoms with Gasteiger partial charge in [0.05, 0.1) is 0 Å². The van der Waals surface area contributed by atoms with E-state index in [1.165, 1.54) is 24.5 Å². The Morgan fingerprint density at radius 2 is 2.12 bits per heavy atom. The van der Waals surface area contributed by atoms with Crippen molar-refractivity contribution in [2.45, 2.75) is 18.9 Å². The molecule has 1 atom stereocenters. The molecule has 0 bridgehead atoms. The van der Waals surface area contributed by atoms with Crippen LogP contribution in [-0.4, -0.2) is 28.0 Å². The molecule has 0 aromatic carbocycles. The normalized spacial score (nSPS) is 11.5. The van der Waals surface area contributed by atoms with Gasteiger partial charge in [0.25, 0.3) is 5.91 Å². The Bertz CT molecular complexity index is 403. The van der Waals surface area contributed by atoms with E-state index in [2.05, 4.69) is 16.9 Å². The van der Waals surface area contributed by atoms with Crippen molar-refractivity contribution in [1.82, 2.24) is 10.3 Å². The Balaban J connectivity index is 2.64. The van der Waals surface area contributed by atoms with Crippen molar-refractivity contribution in [3.8, 4) is 0 Å². The minimum absolute atomic E-state index is 0.329. The molecule has 0 fully saturated rings. The number of allylic oxidation sites excluding steroid dienone is 1. The van der Waals surface area contributed by atoms with Crippen molar-refractivity contribution in [2.24, 2.45) is 0 Å². The second-order valence-electron chi connectivity index (χ2n) is 3.47. The number of hydrogen-bond donors (Lipinski definition) is 2. The monoisotopic (exact) mass is 234 g/mol. The molecule has 0 aliphatic carbocycles. The number of carboxylic acid groups (broad SMARTS) is 1. The molecule has 5 nitrogen and oxygen atoms in total. The third-order valence-electron chi connectivity index (χ3n) is 2.21. The number of carbonyl (C=O) groups is 2. The lowest BCUT2D eigenvalue weighted by molar-refractivity contribution is -0.139. The van der Waals surface area contributed by atoms with E-state index in [1.807, 2.05) is 0 Å². The molecular formula is C12H14N2O3. The van der Waals surface area contributed by atoms with Gasteiger partial charge in [0, 0.05) is 18.0 Å². The van der Waals surface area contributed by atoms with E-state index in [0.29, 0.717) is 18.4 Å². The van der Waals surface area contributed by atoms with Gasteiger partial charge in [-0.05, 0) is 25.0 Å². The van der Waals surface area contributed by atoms with Gasteiger partial charge in [-0.1, -0.05) is 6.08 Å². The fraction of sp³-hybridized carbons (Fsp3) is 0.250. The van der Waals surface area contributed by atoms with Gasteiger partial charge in [0.15, 0.2) is 0 Å². The molecule has 2 N–H and O–H groups in total. The van der Waals surface area contributed by atoms with Crippen LogP contribution in [0, 0.1) is 0 Å². The Labute approximate surface area is 99.2 Å². The number of amides is 1. The highest BCUT2D eigenvalue weighted by molar-refractivity contribution is 5.96. The molecule has 1 heterocycles. The molecule has 0 aliphatic heterocycles. The standard InChI is InChI=1S/C12H14N2O3/c1-2-3-4-10(12(16)17)14-11(15)9-5-7-13-8-6-9/h2,5-8,10H,1,3-4H2,(H,14,15)(H,16,17). The highest BCUT2D eigenvalue weighted by Crippen LogP contribution is 2.02. The second-order valence-corrected chi connectivity index (χ2v) is 3.47. The second kappa shape index (κ2) is 6.42. The minimum atomic E-state index is -1.05. The van der Waals surface area contributed by atoms with Crippen LogP contribution in [0.2, 0.25) is 0 Å². The molecule has 0 saturated heterocycles. The van der Waals surface area contributed by atoms with Crippen molar-refractivity contribution in [3.63, 3.8) is 0 Å². The molecule has 90 valence electrons. The van der Waals surface area contributed by atoms with Gasteiger partial charge < -0.3 is 10.4 Å². The quantitative estimate of drug-likeness (QED) is 0.725. The molecule has 0 aliphatic rings. The number of carboxylic acids is 1. The lowest BCUT2D eigenvalue weighted by Gasteiger charge is -2.13. The van der Waals surface area contributed by atoms with Crippen molar-refractivity contribution < 1.29 is 14.7 Å². The van der Waals surface area contributed by atoms with Crippen molar-refractivity contribution in [3.05, 3.63) is 42.7 Å². The predicted octanol–water partition coefficient (Wildman–Crippen LogP) is 1.23. The maximum absolute atomic E-state index is 11.7. The molecule has 1 rings (SSSR count). The van der Waals surface area contributed by atoms with Gasteiger partial charge in [-0.15, -0.1) is 6.58 Å². The van der Waals surface area contributed by atoms with Gasteiger partial charge in [-0.25, -0.2) is 4.79 Å². The molecule has 0 saturated carbocycles. The van der Waals surface area contributed by atoms with Gasteiger partial charge in [0.1, 0.15) is 6.04 Å². The zero-order valence-corrected chi connectivity index (χ0v) is 9.30. The zero-order chi connectivity index (χ0) is 12.7. The van der Waals surface area contributed by atoms with Crippen LogP contribution in [0.25, 0.3) is 0 Å². The van der Waals surface area contributed by atoms with Gasteiger partial charge in [-0.3, -0.25) is 9.78 Å². The first-order valence-electron chi connectivity index (χ1n) is 5.19. The highest BCUT2D eigenvalue weighted by Gasteiger charge is 2.19. The van der Waals surface area contributed by atoms with E-state index in [1.54, 1.807) is 6.08 Å². The first-order valence-corrected chi connectivity index (χ1v) is 5.19. The van der Waals surface area contributed by atoms with Crippen LogP contribution >= 0.6 is 0 Å². The fourth-order valence-electron chi connectivity index (χ4n) is 1.29. The average Bonchev–Trinajstić information content (AvgIpc) is 2.35. The molecule has 1 amide bonds. The Morgan fingerprint density at radius 1 is 1.47 bits per heavy atom. The fourth-order valence-corrected chi connectivity index (χ4v) is 1.29. The third-order valence-corrected chi connectivity index (χ3v) is 2.21. The number of hydrogen-bond acceptors (Lipinski definition) is 3. The molecule has 1 aromatic rings. The van der Waals surface area contributed by atoms with E-state index in [4.69, 9.17) is 5.11 Å². The summed E-state index contributed by atoms with van der Waals surface area (Å²) in [6, 6.07) is 2.16. The largest absolute Gasteiger partial charge is 0.480 e. The van der Waals surface area contributed by atoms with Crippen LogP contribution in [-0.2, 0) is 4.79 Å². The van der Waals surface area contributed by atoms with E-state index >= 15 is 0 Å². The summed E-state index contributed by atoms with van der Waals surface area (Å²) in [5.74, 6) is -1.46. The van der Waals surface area contributed by atoms with Crippen molar-refractivity contribution >= 4 is 11.9 Å². The Kier molecular flexibility index (Phi) is 4.87. The number of nitrogens with zero attached hydrogens (tertiary/aromatic N) is 1. The van der Waals surface area contributed by atoms with E-state index < -0.39 is 17.9 Å². The van der Waals surface area contributed by atoms with Gasteiger partial charge >= 0.3 is 5.97 Å². The van der Waals surface area contributed by atoms with Crippen LogP contribution in [0.1, 0.15) is 23.2 Å². The highest BCUT2D eigenvalue weighted by atomic mass is 16.4. The summed E-state index contributed by atoms with van der Waals surface area (Å²) in [6.45, 7) is 3.52. The number of rotatable bonds is 6. The minimum Gasteiger partial charge on any atom is -0.480 e. The number of nitrogens with one attached hydrogen (secondary N) is 1. The first-order chi connectivity index (χ1) is 8.15. The van der Waals surface area contributed by atoms with Crippen LogP contribution < -0.4 is 5.32 Å². The summed E-state index contributed by atoms with van der Waals surface area (Å²) in [5.41, 5.74) is 0.393. The third kappa shape index (κ3) is 4.06. The molecular weight excluding hydrogens is 220 g/mol. The molecule has 5 heteroatoms. The smallest absolute Gasteiger partial charge is 0.326 e. The molecule has 17 heavy (non-hydrogen) atoms. The SMILES string of the molecule is C=CCCC(NC(=O)c1ccncc1)C(=O)O. The molecule has 1 unspecified atom stereocenters. The molecule has 0 radical (unpaired) electrons. The number of carbonyl (C=O) groups excluding carboxylic acids is 1. The number of aromatic nitrogens is 1. The van der Waals surface area contributed by atoms with Crippen LogP contribution in [0.4, 0.5) is 0 Å². The molecule has 1 aromatic heterocycles. The van der Waals surface area contributed by atoms with Gasteiger partial charge in [0.2, 0.25) is 0 Å². The summed E-state index contributed by atoms with van der Waals surface area (Å²) in [7, 11) is 0. The summed E-state index contributed by atoms with van der Waals surface area (Å²) >= 11 is 0. The van der Waals surface area contributed by atoms with E-state index in [9.17, 15) is 9.59 Å². The summed E-state index contributed by atoms with van der Waals surface area (Å²) in [5, 5.41) is 11.4. The Morgan fingerprint density at radius 3 is 2.65 bits per heavy atom. The van der Waals surface area contributed by atoms with Crippen LogP contribution in [0.5, 0.6) is 0 Å². The topological polar surface area (TPSA) is 79.3 Å². The van der Waals surface area contributed by atoms with Crippen molar-refractivity contribution in [2.75, 3.05) is 0 Å². The number of pyridine rings is 1. The summed E-state index contributed by atoms with van der Waals surface area (Å²) < 4.78 is 0. The predicted molar refractivity (Wildman–Crippen MR) is 62.6 cm³/mol. The van der Waals surface area contributed by atoms with E-state index in [0.717, 1.165) is 0 Å². The number of aliphatic carboxylic acids is 1. The lowest BCUT2D eigenvalue weighted by Crippen LogP contribution is -2.40. The Hall–Kier alpha value is -2.17. The first kappa shape index (κ1) is 12.9. The molecule has 0 spiro atoms. The summed E-state index contributed by atoms with van der Waals surface area (Å²) in [6.07, 6.45) is 5.45. The van der Waals surface area contributed by atoms with Crippen LogP contribution in [0.15, 0.2) is 37.2 Å². The van der Waals surface area contributed by atoms with E-state index in [-0.39, 0.29) is 0 Å².